The van der Waals surface area contributed by atoms with Gasteiger partial charge in [-0.2, -0.15) is 0 Å². The fraction of sp³-hybridized carbons (Fsp3) is 0.267. The molecule has 0 saturated heterocycles. The molecule has 0 radical (unpaired) electrons. The first-order chi connectivity index (χ1) is 10.1. The second-order valence-corrected chi connectivity index (χ2v) is 6.88. The summed E-state index contributed by atoms with van der Waals surface area (Å²) in [7, 11) is -3.53. The SMILES string of the molecule is CC(NS(=O)(=O)c1ccc2c(c1)CNC2)c1cccnc1. The van der Waals surface area contributed by atoms with Crippen LogP contribution in [0.2, 0.25) is 0 Å². The average molecular weight is 303 g/mol. The van der Waals surface area contributed by atoms with E-state index in [0.717, 1.165) is 29.8 Å². The molecule has 3 rings (SSSR count). The Bertz CT molecular complexity index is 745. The van der Waals surface area contributed by atoms with Gasteiger partial charge in [-0.05, 0) is 41.8 Å². The second kappa shape index (κ2) is 5.55. The molecular formula is C15H17N3O2S. The van der Waals surface area contributed by atoms with Crippen LogP contribution in [0.4, 0.5) is 0 Å². The Morgan fingerprint density at radius 2 is 2.05 bits per heavy atom. The maximum atomic E-state index is 12.5. The van der Waals surface area contributed by atoms with Crippen molar-refractivity contribution in [3.63, 3.8) is 0 Å². The molecule has 0 aliphatic carbocycles. The Kier molecular flexibility index (Phi) is 3.75. The molecule has 110 valence electrons. The number of pyridine rings is 1. The summed E-state index contributed by atoms with van der Waals surface area (Å²) >= 11 is 0. The first-order valence-electron chi connectivity index (χ1n) is 6.81. The molecule has 0 amide bonds. The molecule has 1 aromatic heterocycles. The van der Waals surface area contributed by atoms with Gasteiger partial charge in [0.2, 0.25) is 10.0 Å². The Labute approximate surface area is 124 Å². The quantitative estimate of drug-likeness (QED) is 0.902. The molecule has 2 heterocycles. The predicted octanol–water partition coefficient (Wildman–Crippen LogP) is 1.72. The Morgan fingerprint density at radius 1 is 1.24 bits per heavy atom. The van der Waals surface area contributed by atoms with Crippen molar-refractivity contribution >= 4 is 10.0 Å². The fourth-order valence-electron chi connectivity index (χ4n) is 2.44. The summed E-state index contributed by atoms with van der Waals surface area (Å²) in [6.07, 6.45) is 3.33. The summed E-state index contributed by atoms with van der Waals surface area (Å²) in [5.74, 6) is 0. The predicted molar refractivity (Wildman–Crippen MR) is 80.0 cm³/mol. The van der Waals surface area contributed by atoms with Gasteiger partial charge in [-0.1, -0.05) is 12.1 Å². The van der Waals surface area contributed by atoms with Crippen LogP contribution in [0, 0.1) is 0 Å². The van der Waals surface area contributed by atoms with Crippen molar-refractivity contribution in [1.29, 1.82) is 0 Å². The zero-order chi connectivity index (χ0) is 14.9. The van der Waals surface area contributed by atoms with E-state index in [4.69, 9.17) is 0 Å². The number of fused-ring (bicyclic) bond motifs is 1. The van der Waals surface area contributed by atoms with E-state index in [-0.39, 0.29) is 6.04 Å². The first kappa shape index (κ1) is 14.2. The van der Waals surface area contributed by atoms with E-state index in [1.165, 1.54) is 0 Å². The van der Waals surface area contributed by atoms with E-state index in [2.05, 4.69) is 15.0 Å². The van der Waals surface area contributed by atoms with Crippen LogP contribution in [-0.4, -0.2) is 13.4 Å². The molecular weight excluding hydrogens is 286 g/mol. The number of hydrogen-bond acceptors (Lipinski definition) is 4. The summed E-state index contributed by atoms with van der Waals surface area (Å²) in [5.41, 5.74) is 3.05. The monoisotopic (exact) mass is 303 g/mol. The molecule has 0 fully saturated rings. The van der Waals surface area contributed by atoms with Crippen molar-refractivity contribution in [2.75, 3.05) is 0 Å². The third-order valence-corrected chi connectivity index (χ3v) is 5.17. The molecule has 1 aliphatic heterocycles. The molecule has 1 aliphatic rings. The lowest BCUT2D eigenvalue weighted by atomic mass is 10.1. The molecule has 6 heteroatoms. The van der Waals surface area contributed by atoms with Crippen LogP contribution >= 0.6 is 0 Å². The number of rotatable bonds is 4. The summed E-state index contributed by atoms with van der Waals surface area (Å²) in [5, 5.41) is 3.21. The summed E-state index contributed by atoms with van der Waals surface area (Å²) in [6, 6.07) is 8.60. The van der Waals surface area contributed by atoms with Crippen molar-refractivity contribution in [3.8, 4) is 0 Å². The maximum Gasteiger partial charge on any atom is 0.241 e. The molecule has 1 unspecified atom stereocenters. The minimum Gasteiger partial charge on any atom is -0.309 e. The van der Waals surface area contributed by atoms with Gasteiger partial charge in [-0.3, -0.25) is 4.98 Å². The van der Waals surface area contributed by atoms with Crippen molar-refractivity contribution in [2.45, 2.75) is 31.0 Å². The first-order valence-corrected chi connectivity index (χ1v) is 8.29. The Morgan fingerprint density at radius 3 is 2.81 bits per heavy atom. The third-order valence-electron chi connectivity index (χ3n) is 3.64. The van der Waals surface area contributed by atoms with E-state index < -0.39 is 10.0 Å². The Hall–Kier alpha value is -1.76. The van der Waals surface area contributed by atoms with Crippen molar-refractivity contribution in [2.24, 2.45) is 0 Å². The highest BCUT2D eigenvalue weighted by Gasteiger charge is 2.20. The molecule has 1 atom stereocenters. The van der Waals surface area contributed by atoms with Crippen LogP contribution in [0.25, 0.3) is 0 Å². The van der Waals surface area contributed by atoms with Gasteiger partial charge < -0.3 is 5.32 Å². The molecule has 1 aromatic carbocycles. The van der Waals surface area contributed by atoms with Gasteiger partial charge in [0.05, 0.1) is 4.90 Å². The molecule has 5 nitrogen and oxygen atoms in total. The number of benzene rings is 1. The van der Waals surface area contributed by atoms with Gasteiger partial charge >= 0.3 is 0 Å². The number of nitrogens with one attached hydrogen (secondary N) is 2. The number of aromatic nitrogens is 1. The minimum absolute atomic E-state index is 0.306. The van der Waals surface area contributed by atoms with Gasteiger partial charge in [0.25, 0.3) is 0 Å². The van der Waals surface area contributed by atoms with Gasteiger partial charge in [-0.25, -0.2) is 13.1 Å². The summed E-state index contributed by atoms with van der Waals surface area (Å²) in [4.78, 5) is 4.32. The van der Waals surface area contributed by atoms with Crippen molar-refractivity contribution in [3.05, 3.63) is 59.4 Å². The highest BCUT2D eigenvalue weighted by molar-refractivity contribution is 7.89. The molecule has 0 saturated carbocycles. The van der Waals surface area contributed by atoms with Crippen molar-refractivity contribution < 1.29 is 8.42 Å². The zero-order valence-electron chi connectivity index (χ0n) is 11.7. The normalized spacial score (nSPS) is 15.7. The highest BCUT2D eigenvalue weighted by atomic mass is 32.2. The van der Waals surface area contributed by atoms with E-state index in [9.17, 15) is 8.42 Å². The largest absolute Gasteiger partial charge is 0.309 e. The zero-order valence-corrected chi connectivity index (χ0v) is 12.5. The molecule has 0 bridgehead atoms. The van der Waals surface area contributed by atoms with E-state index in [0.29, 0.717) is 4.90 Å². The summed E-state index contributed by atoms with van der Waals surface area (Å²) < 4.78 is 27.6. The number of sulfonamides is 1. The Balaban J connectivity index is 1.84. The van der Waals surface area contributed by atoms with Crippen LogP contribution < -0.4 is 10.0 Å². The molecule has 0 spiro atoms. The third kappa shape index (κ3) is 2.97. The second-order valence-electron chi connectivity index (χ2n) is 5.16. The molecule has 21 heavy (non-hydrogen) atoms. The van der Waals surface area contributed by atoms with Crippen molar-refractivity contribution in [1.82, 2.24) is 15.0 Å². The molecule has 2 N–H and O–H groups in total. The highest BCUT2D eigenvalue weighted by Crippen LogP contribution is 2.21. The summed E-state index contributed by atoms with van der Waals surface area (Å²) in [6.45, 7) is 3.33. The lowest BCUT2D eigenvalue weighted by Crippen LogP contribution is -2.27. The van der Waals surface area contributed by atoms with E-state index >= 15 is 0 Å². The number of nitrogens with zero attached hydrogens (tertiary/aromatic N) is 1. The van der Waals surface area contributed by atoms with Crippen LogP contribution in [0.15, 0.2) is 47.6 Å². The van der Waals surface area contributed by atoms with Crippen LogP contribution in [-0.2, 0) is 23.1 Å². The maximum absolute atomic E-state index is 12.5. The van der Waals surface area contributed by atoms with Gasteiger partial charge in [-0.15, -0.1) is 0 Å². The smallest absolute Gasteiger partial charge is 0.241 e. The van der Waals surface area contributed by atoms with Gasteiger partial charge in [0.1, 0.15) is 0 Å². The van der Waals surface area contributed by atoms with E-state index in [1.54, 1.807) is 30.6 Å². The van der Waals surface area contributed by atoms with Gasteiger partial charge in [0, 0.05) is 31.5 Å². The van der Waals surface area contributed by atoms with Crippen LogP contribution in [0.1, 0.15) is 29.7 Å². The van der Waals surface area contributed by atoms with Crippen LogP contribution in [0.5, 0.6) is 0 Å². The van der Waals surface area contributed by atoms with Crippen LogP contribution in [0.3, 0.4) is 0 Å². The molecule has 2 aromatic rings. The standard InChI is InChI=1S/C15H17N3O2S/c1-11(12-3-2-6-16-8-12)18-21(19,20)15-5-4-13-9-17-10-14(13)7-15/h2-8,11,17-18H,9-10H2,1H3. The lowest BCUT2D eigenvalue weighted by Gasteiger charge is -2.14. The topological polar surface area (TPSA) is 71.1 Å². The average Bonchev–Trinajstić information content (AvgIpc) is 2.95. The van der Waals surface area contributed by atoms with E-state index in [1.807, 2.05) is 19.1 Å². The minimum atomic E-state index is -3.53. The lowest BCUT2D eigenvalue weighted by molar-refractivity contribution is 0.566. The fourth-order valence-corrected chi connectivity index (χ4v) is 3.72. The number of hydrogen-bond donors (Lipinski definition) is 2. The van der Waals surface area contributed by atoms with Gasteiger partial charge in [0.15, 0.2) is 0 Å².